The van der Waals surface area contributed by atoms with Gasteiger partial charge in [-0.15, -0.1) is 0 Å². The second kappa shape index (κ2) is 4.69. The van der Waals surface area contributed by atoms with E-state index in [1.165, 1.54) is 11.3 Å². The molecule has 0 fully saturated rings. The average Bonchev–Trinajstić information content (AvgIpc) is 2.27. The highest BCUT2D eigenvalue weighted by atomic mass is 15.2. The highest BCUT2D eigenvalue weighted by molar-refractivity contribution is 5.50. The van der Waals surface area contributed by atoms with E-state index in [0.29, 0.717) is 6.54 Å². The summed E-state index contributed by atoms with van der Waals surface area (Å²) in [6.45, 7) is 11.7. The summed E-state index contributed by atoms with van der Waals surface area (Å²) in [6, 6.07) is 8.77. The molecule has 1 rings (SSSR count). The third kappa shape index (κ3) is 3.22. The first kappa shape index (κ1) is 14.0. The first-order chi connectivity index (χ1) is 7.68. The topological polar surface area (TPSA) is 29.3 Å². The summed E-state index contributed by atoms with van der Waals surface area (Å²) in [6.07, 6.45) is 0. The maximum Gasteiger partial charge on any atom is 0.0464 e. The van der Waals surface area contributed by atoms with Crippen molar-refractivity contribution in [2.24, 2.45) is 5.73 Å². The van der Waals surface area contributed by atoms with Crippen molar-refractivity contribution in [2.75, 3.05) is 18.5 Å². The summed E-state index contributed by atoms with van der Waals surface area (Å²) in [7, 11) is 2.10. The zero-order valence-electron chi connectivity index (χ0n) is 12.0. The van der Waals surface area contributed by atoms with Crippen LogP contribution in [0.25, 0.3) is 0 Å². The van der Waals surface area contributed by atoms with E-state index in [4.69, 9.17) is 5.73 Å². The molecule has 0 saturated carbocycles. The summed E-state index contributed by atoms with van der Waals surface area (Å²) in [5.41, 5.74) is 8.58. The normalized spacial score (nSPS) is 12.6. The Morgan fingerprint density at radius 1 is 1.00 bits per heavy atom. The van der Waals surface area contributed by atoms with E-state index in [2.05, 4.69) is 70.8 Å². The number of likely N-dealkylation sites (N-methyl/N-ethyl adjacent to an activating group) is 1. The molecule has 0 bridgehead atoms. The van der Waals surface area contributed by atoms with Crippen LogP contribution in [0.5, 0.6) is 0 Å². The van der Waals surface area contributed by atoms with Crippen molar-refractivity contribution < 1.29 is 0 Å². The molecular weight excluding hydrogens is 208 g/mol. The van der Waals surface area contributed by atoms with Gasteiger partial charge in [-0.2, -0.15) is 0 Å². The van der Waals surface area contributed by atoms with Crippen LogP contribution in [0.2, 0.25) is 0 Å². The molecule has 1 aromatic rings. The number of hydrogen-bond donors (Lipinski definition) is 1. The molecule has 2 heteroatoms. The van der Waals surface area contributed by atoms with Gasteiger partial charge >= 0.3 is 0 Å². The minimum Gasteiger partial charge on any atom is -0.368 e. The maximum atomic E-state index is 5.80. The molecule has 0 atom stereocenters. The van der Waals surface area contributed by atoms with Crippen molar-refractivity contribution in [3.63, 3.8) is 0 Å². The Morgan fingerprint density at radius 2 is 1.47 bits per heavy atom. The van der Waals surface area contributed by atoms with Crippen LogP contribution < -0.4 is 10.6 Å². The van der Waals surface area contributed by atoms with E-state index in [1.54, 1.807) is 0 Å². The molecule has 17 heavy (non-hydrogen) atoms. The lowest BCUT2D eigenvalue weighted by atomic mass is 9.87. The number of benzene rings is 1. The molecule has 0 amide bonds. The molecule has 0 aliphatic heterocycles. The summed E-state index contributed by atoms with van der Waals surface area (Å²) in [5, 5.41) is 0. The fraction of sp³-hybridized carbons (Fsp3) is 0.600. The molecule has 0 aromatic heterocycles. The molecule has 0 spiro atoms. The van der Waals surface area contributed by atoms with Gasteiger partial charge in [-0.3, -0.25) is 0 Å². The lowest BCUT2D eigenvalue weighted by Gasteiger charge is -2.36. The summed E-state index contributed by atoms with van der Waals surface area (Å²) < 4.78 is 0. The van der Waals surface area contributed by atoms with E-state index in [1.807, 2.05) is 0 Å². The fourth-order valence-corrected chi connectivity index (χ4v) is 1.67. The summed E-state index contributed by atoms with van der Waals surface area (Å²) >= 11 is 0. The summed E-state index contributed by atoms with van der Waals surface area (Å²) in [5.74, 6) is 0. The van der Waals surface area contributed by atoms with Crippen LogP contribution in [-0.2, 0) is 5.41 Å². The molecule has 0 radical (unpaired) electrons. The van der Waals surface area contributed by atoms with Crippen molar-refractivity contribution in [3.8, 4) is 0 Å². The zero-order valence-corrected chi connectivity index (χ0v) is 12.0. The van der Waals surface area contributed by atoms with Gasteiger partial charge in [0.15, 0.2) is 0 Å². The van der Waals surface area contributed by atoms with Gasteiger partial charge in [-0.25, -0.2) is 0 Å². The molecule has 0 heterocycles. The van der Waals surface area contributed by atoms with Crippen LogP contribution in [-0.4, -0.2) is 19.1 Å². The van der Waals surface area contributed by atoms with Gasteiger partial charge < -0.3 is 10.6 Å². The standard InChI is InChI=1S/C15H26N2/c1-14(2,3)12-7-9-13(10-8-12)17(6)15(4,5)11-16/h7-10H,11,16H2,1-6H3. The minimum atomic E-state index is -0.0107. The molecule has 2 nitrogen and oxygen atoms in total. The van der Waals surface area contributed by atoms with Crippen molar-refractivity contribution in [2.45, 2.75) is 45.6 Å². The van der Waals surface area contributed by atoms with Crippen LogP contribution in [0.15, 0.2) is 24.3 Å². The van der Waals surface area contributed by atoms with Crippen LogP contribution >= 0.6 is 0 Å². The van der Waals surface area contributed by atoms with Gasteiger partial charge in [0.1, 0.15) is 0 Å². The molecule has 1 aromatic carbocycles. The Morgan fingerprint density at radius 3 is 1.82 bits per heavy atom. The number of hydrogen-bond acceptors (Lipinski definition) is 2. The largest absolute Gasteiger partial charge is 0.368 e. The van der Waals surface area contributed by atoms with E-state index in [-0.39, 0.29) is 11.0 Å². The number of anilines is 1. The molecular formula is C15H26N2. The number of nitrogens with zero attached hydrogens (tertiary/aromatic N) is 1. The van der Waals surface area contributed by atoms with Crippen molar-refractivity contribution in [3.05, 3.63) is 29.8 Å². The van der Waals surface area contributed by atoms with Gasteiger partial charge in [0, 0.05) is 24.8 Å². The predicted octanol–water partition coefficient (Wildman–Crippen LogP) is 3.16. The minimum absolute atomic E-state index is 0.0107. The van der Waals surface area contributed by atoms with E-state index in [9.17, 15) is 0 Å². The highest BCUT2D eigenvalue weighted by Gasteiger charge is 2.22. The molecule has 0 aliphatic rings. The molecule has 0 saturated heterocycles. The van der Waals surface area contributed by atoms with Crippen molar-refractivity contribution in [1.29, 1.82) is 0 Å². The van der Waals surface area contributed by atoms with Crippen LogP contribution in [0.1, 0.15) is 40.2 Å². The number of nitrogens with two attached hydrogens (primary N) is 1. The van der Waals surface area contributed by atoms with Crippen LogP contribution in [0.3, 0.4) is 0 Å². The lowest BCUT2D eigenvalue weighted by Crippen LogP contribution is -2.47. The predicted molar refractivity (Wildman–Crippen MR) is 76.7 cm³/mol. The summed E-state index contributed by atoms with van der Waals surface area (Å²) in [4.78, 5) is 2.24. The second-order valence-electron chi connectivity index (χ2n) is 6.37. The van der Waals surface area contributed by atoms with Gasteiger partial charge in [0.2, 0.25) is 0 Å². The van der Waals surface area contributed by atoms with Crippen molar-refractivity contribution >= 4 is 5.69 Å². The Labute approximate surface area is 106 Å². The SMILES string of the molecule is CN(c1ccc(C(C)(C)C)cc1)C(C)(C)CN. The van der Waals surface area contributed by atoms with Gasteiger partial charge in [-0.1, -0.05) is 32.9 Å². The monoisotopic (exact) mass is 234 g/mol. The fourth-order valence-electron chi connectivity index (χ4n) is 1.67. The highest BCUT2D eigenvalue weighted by Crippen LogP contribution is 2.26. The second-order valence-corrected chi connectivity index (χ2v) is 6.37. The molecule has 0 unspecified atom stereocenters. The van der Waals surface area contributed by atoms with E-state index in [0.717, 1.165) is 0 Å². The van der Waals surface area contributed by atoms with E-state index < -0.39 is 0 Å². The van der Waals surface area contributed by atoms with Gasteiger partial charge in [0.05, 0.1) is 0 Å². The molecule has 2 N–H and O–H groups in total. The molecule has 0 aliphatic carbocycles. The Kier molecular flexibility index (Phi) is 3.88. The maximum absolute atomic E-state index is 5.80. The van der Waals surface area contributed by atoms with Crippen LogP contribution in [0, 0.1) is 0 Å². The average molecular weight is 234 g/mol. The third-order valence-corrected chi connectivity index (χ3v) is 3.53. The van der Waals surface area contributed by atoms with E-state index >= 15 is 0 Å². The smallest absolute Gasteiger partial charge is 0.0464 e. The van der Waals surface area contributed by atoms with Crippen molar-refractivity contribution in [1.82, 2.24) is 0 Å². The number of rotatable bonds is 3. The first-order valence-electron chi connectivity index (χ1n) is 6.23. The van der Waals surface area contributed by atoms with Gasteiger partial charge in [-0.05, 0) is 37.0 Å². The zero-order chi connectivity index (χ0) is 13.3. The molecule has 96 valence electrons. The Bertz CT molecular complexity index is 358. The first-order valence-corrected chi connectivity index (χ1v) is 6.23. The third-order valence-electron chi connectivity index (χ3n) is 3.53. The lowest BCUT2D eigenvalue weighted by molar-refractivity contribution is 0.498. The Hall–Kier alpha value is -1.02. The van der Waals surface area contributed by atoms with Gasteiger partial charge in [0.25, 0.3) is 0 Å². The van der Waals surface area contributed by atoms with Crippen LogP contribution in [0.4, 0.5) is 5.69 Å². The quantitative estimate of drug-likeness (QED) is 0.870. The Balaban J connectivity index is 2.96.